The highest BCUT2D eigenvalue weighted by Gasteiger charge is 2.50. The van der Waals surface area contributed by atoms with Crippen LogP contribution < -0.4 is 26.6 Å². The van der Waals surface area contributed by atoms with Gasteiger partial charge in [0.05, 0.1) is 0 Å². The minimum Gasteiger partial charge on any atom is -0.508 e. The van der Waals surface area contributed by atoms with E-state index in [1.165, 1.54) is 6.07 Å². The molecule has 0 saturated carbocycles. The second-order valence-corrected chi connectivity index (χ2v) is 29.7. The minimum atomic E-state index is -4.53. The fourth-order valence-corrected chi connectivity index (χ4v) is 18.3. The third-order valence-electron chi connectivity index (χ3n) is 14.2. The first-order valence-electron chi connectivity index (χ1n) is 24.9. The summed E-state index contributed by atoms with van der Waals surface area (Å²) in [5, 5.41) is 24.9. The van der Waals surface area contributed by atoms with Gasteiger partial charge in [-0.05, 0) is 69.2 Å². The number of halogens is 4. The van der Waals surface area contributed by atoms with Crippen LogP contribution >= 0.6 is 46.4 Å². The van der Waals surface area contributed by atoms with Crippen LogP contribution in [0.5, 0.6) is 46.0 Å². The minimum absolute atomic E-state index is 0.0247. The number of fused-ring (bicyclic) bond motifs is 4. The lowest BCUT2D eigenvalue weighted by atomic mass is 9.78. The molecule has 72 heavy (non-hydrogen) atoms. The summed E-state index contributed by atoms with van der Waals surface area (Å²) in [5.41, 5.74) is 5.44. The van der Waals surface area contributed by atoms with Crippen LogP contribution in [0, 0.1) is 0 Å². The van der Waals surface area contributed by atoms with Crippen molar-refractivity contribution in [2.24, 2.45) is 0 Å². The monoisotopic (exact) mass is 1140 g/mol. The van der Waals surface area contributed by atoms with Gasteiger partial charge in [-0.15, -0.1) is 46.4 Å². The van der Waals surface area contributed by atoms with Crippen LogP contribution in [0.3, 0.4) is 0 Å². The summed E-state index contributed by atoms with van der Waals surface area (Å²) in [6.07, 6.45) is 1.87. The molecule has 3 aliphatic rings. The van der Waals surface area contributed by atoms with Gasteiger partial charge in [-0.3, -0.25) is 0 Å². The zero-order valence-corrected chi connectivity index (χ0v) is 48.9. The summed E-state index contributed by atoms with van der Waals surface area (Å²) in [4.78, 5) is 72.0. The maximum atomic E-state index is 12.8. The Labute approximate surface area is 446 Å². The van der Waals surface area contributed by atoms with Crippen LogP contribution in [0.1, 0.15) is 159 Å². The van der Waals surface area contributed by atoms with E-state index in [1.54, 1.807) is 0 Å². The maximum Gasteiger partial charge on any atom is 0.629 e. The lowest BCUT2D eigenvalue weighted by Gasteiger charge is -2.38. The first-order chi connectivity index (χ1) is 34.0. The Bertz CT molecular complexity index is 2640. The van der Waals surface area contributed by atoms with Gasteiger partial charge >= 0.3 is 35.2 Å². The number of aromatic hydroxyl groups is 2. The van der Waals surface area contributed by atoms with Crippen molar-refractivity contribution in [3.8, 4) is 46.0 Å². The molecule has 2 unspecified atom stereocenters. The van der Waals surface area contributed by atoms with Crippen molar-refractivity contribution in [3.63, 3.8) is 0 Å². The average molecular weight is 1150 g/mol. The molecule has 8 bridgehead atoms. The summed E-state index contributed by atoms with van der Waals surface area (Å²) in [6.45, 7) is 13.3. The van der Waals surface area contributed by atoms with Crippen LogP contribution in [0.4, 0.5) is 0 Å². The van der Waals surface area contributed by atoms with E-state index >= 15 is 0 Å². The van der Waals surface area contributed by atoms with Crippen molar-refractivity contribution in [2.45, 2.75) is 141 Å². The molecule has 0 amide bonds. The Kier molecular flexibility index (Phi) is 17.9. The van der Waals surface area contributed by atoms with Crippen LogP contribution in [0.2, 0.25) is 24.2 Å². The quantitative estimate of drug-likeness (QED) is 0.0324. The van der Waals surface area contributed by atoms with E-state index in [2.05, 4.69) is 0 Å². The van der Waals surface area contributed by atoms with Crippen molar-refractivity contribution in [1.29, 1.82) is 0 Å². The first kappa shape index (κ1) is 56.8. The van der Waals surface area contributed by atoms with Crippen LogP contribution in [-0.4, -0.2) is 97.7 Å². The molecule has 0 spiro atoms. The van der Waals surface area contributed by atoms with Gasteiger partial charge in [0, 0.05) is 139 Å². The van der Waals surface area contributed by atoms with E-state index in [9.17, 15) is 39.0 Å². The van der Waals surface area contributed by atoms with E-state index in [-0.39, 0.29) is 126 Å². The molecular weight excluding hydrogens is 1080 g/mol. The predicted octanol–water partition coefficient (Wildman–Crippen LogP) is 10.2. The number of phenolic OH excluding ortho intramolecular Hbond substituents is 2. The Morgan fingerprint density at radius 2 is 0.847 bits per heavy atom. The largest absolute Gasteiger partial charge is 0.629 e. The van der Waals surface area contributed by atoms with Gasteiger partial charge in [0.1, 0.15) is 46.0 Å². The molecule has 0 aromatic heterocycles. The van der Waals surface area contributed by atoms with Gasteiger partial charge in [-0.1, -0.05) is 48.5 Å². The molecule has 2 aliphatic heterocycles. The van der Waals surface area contributed by atoms with E-state index in [0.29, 0.717) is 74.0 Å². The number of hydrogen-bond acceptors (Lipinski definition) is 14. The van der Waals surface area contributed by atoms with Gasteiger partial charge in [-0.25, -0.2) is 0 Å². The molecule has 1 aliphatic carbocycles. The second kappa shape index (κ2) is 22.7. The Hall–Kier alpha value is -2.93. The molecule has 22 heteroatoms. The SMILES string of the molecule is CCc1c(O)c2cc3c1O[Si](O)(CCCCl)Oc1c(cc(c(O[Si](O)(O)CCCCl)c1CC)[C@H](C)c1cc4c(cc1O)O[Si](O)(CCCCl)Oc1c(cc(c(O[Si](O)(O)CCCCl)c1CC)[C@@H]2C)[C@H]4C)[C@H]3C. The predicted molar refractivity (Wildman–Crippen MR) is 288 cm³/mol. The van der Waals surface area contributed by atoms with E-state index in [0.717, 1.165) is 0 Å². The molecule has 0 saturated heterocycles. The van der Waals surface area contributed by atoms with Gasteiger partial charge < -0.3 is 65.5 Å². The summed E-state index contributed by atoms with van der Waals surface area (Å²) >= 11 is 24.6. The molecule has 2 heterocycles. The van der Waals surface area contributed by atoms with Crippen LogP contribution in [-0.2, 0) is 19.3 Å². The smallest absolute Gasteiger partial charge is 0.508 e. The average Bonchev–Trinajstić information content (AvgIpc) is 3.32. The molecule has 7 rings (SSSR count). The molecule has 14 nitrogen and oxygen atoms in total. The molecule has 8 N–H and O–H groups in total. The molecular formula is C50H68Cl4O14Si4. The zero-order chi connectivity index (χ0) is 52.7. The molecule has 0 fully saturated rings. The number of phenols is 2. The van der Waals surface area contributed by atoms with Crippen molar-refractivity contribution in [2.75, 3.05) is 23.5 Å². The summed E-state index contributed by atoms with van der Waals surface area (Å²) < 4.78 is 39.8. The first-order valence-corrected chi connectivity index (χ1v) is 35.0. The lowest BCUT2D eigenvalue weighted by Crippen LogP contribution is -2.50. The molecule has 4 aromatic rings. The zero-order valence-electron chi connectivity index (χ0n) is 41.8. The number of alkyl halides is 4. The normalized spacial score (nSPS) is 22.3. The third kappa shape index (κ3) is 11.3. The molecule has 0 radical (unpaired) electrons. The molecule has 4 aromatic carbocycles. The van der Waals surface area contributed by atoms with Gasteiger partial charge in [0.2, 0.25) is 0 Å². The summed E-state index contributed by atoms with van der Waals surface area (Å²) in [5.74, 6) is -1.13. The van der Waals surface area contributed by atoms with Crippen molar-refractivity contribution in [1.82, 2.24) is 0 Å². The van der Waals surface area contributed by atoms with Gasteiger partial charge in [-0.2, -0.15) is 0 Å². The third-order valence-corrected chi connectivity index (χ3v) is 22.5. The van der Waals surface area contributed by atoms with Gasteiger partial charge in [0.15, 0.2) is 0 Å². The number of hydrogen-bond donors (Lipinski definition) is 8. The van der Waals surface area contributed by atoms with E-state index in [1.807, 2.05) is 72.7 Å². The van der Waals surface area contributed by atoms with Crippen molar-refractivity contribution >= 4 is 81.6 Å². The van der Waals surface area contributed by atoms with E-state index in [4.69, 9.17) is 73.0 Å². The standard InChI is InChI=1S/C50H68Cl4O14Si4/c1-8-32-45(56)37-24-38-31(7)42-25-39(47(64-69(57,58)19-11-15-51)33(9-2)50(42)68-72(62,22-14-18-54)66-46(32)38)28(4)35-23-36-29(5)40-26-41(30(37)6)48(65-70(59,60)20-12-16-52)34(10-3)49(40)67-71(61,21-13-17-53)63-44(36)27-43(35)55/h23-31,55-62H,8-22H2,1-7H3/t28-,29+,30-,31+,71?,72?/m1/s1. The number of benzene rings is 4. The van der Waals surface area contributed by atoms with Crippen LogP contribution in [0.25, 0.3) is 0 Å². The highest BCUT2D eigenvalue weighted by atomic mass is 35.5. The van der Waals surface area contributed by atoms with Crippen molar-refractivity contribution < 1.29 is 65.5 Å². The molecule has 6 atom stereocenters. The topological polar surface area (TPSA) is 217 Å². The van der Waals surface area contributed by atoms with Crippen molar-refractivity contribution in [3.05, 3.63) is 91.5 Å². The van der Waals surface area contributed by atoms with Crippen LogP contribution in [0.15, 0.2) is 30.3 Å². The lowest BCUT2D eigenvalue weighted by molar-refractivity contribution is 0.229. The highest BCUT2D eigenvalue weighted by molar-refractivity contribution is 6.62. The fourth-order valence-electron chi connectivity index (χ4n) is 10.3. The molecule has 396 valence electrons. The summed E-state index contributed by atoms with van der Waals surface area (Å²) in [6, 6.07) is 8.67. The Balaban J connectivity index is 1.69. The summed E-state index contributed by atoms with van der Waals surface area (Å²) in [7, 11) is -17.8. The second-order valence-electron chi connectivity index (χ2n) is 19.2. The Morgan fingerprint density at radius 3 is 1.28 bits per heavy atom. The van der Waals surface area contributed by atoms with E-state index < -0.39 is 58.9 Å². The fraction of sp³-hybridized carbons (Fsp3) is 0.520. The Morgan fingerprint density at radius 1 is 0.486 bits per heavy atom. The number of rotatable bonds is 19. The van der Waals surface area contributed by atoms with Gasteiger partial charge in [0.25, 0.3) is 0 Å². The maximum absolute atomic E-state index is 12.8. The highest BCUT2D eigenvalue weighted by Crippen LogP contribution is 2.56.